The molecule has 1 aliphatic heterocycles. The van der Waals surface area contributed by atoms with E-state index in [-0.39, 0.29) is 28.2 Å². The van der Waals surface area contributed by atoms with Gasteiger partial charge < -0.3 is 10.1 Å². The number of rotatable bonds is 6. The number of nitrogens with one attached hydrogen (secondary N) is 2. The second kappa shape index (κ2) is 10.7. The van der Waals surface area contributed by atoms with Crippen molar-refractivity contribution in [3.63, 3.8) is 0 Å². The van der Waals surface area contributed by atoms with Gasteiger partial charge in [0.1, 0.15) is 11.3 Å². The number of amides is 3. The maximum Gasteiger partial charge on any atom is 0.270 e. The second-order valence-electron chi connectivity index (χ2n) is 8.14. The molecule has 7 nitrogen and oxygen atoms in total. The van der Waals surface area contributed by atoms with E-state index in [2.05, 4.69) is 10.6 Å². The third kappa shape index (κ3) is 5.62. The first-order valence-corrected chi connectivity index (χ1v) is 11.8. The fraction of sp³-hybridized carbons (Fsp3) is 0.111. The fourth-order valence-corrected chi connectivity index (χ4v) is 4.17. The van der Waals surface area contributed by atoms with Crippen LogP contribution in [0.15, 0.2) is 72.3 Å². The molecule has 1 fully saturated rings. The Kier molecular flexibility index (Phi) is 7.47. The van der Waals surface area contributed by atoms with Crippen LogP contribution in [-0.4, -0.2) is 29.4 Å². The largest absolute Gasteiger partial charge is 0.482 e. The molecular formula is C27H22ClN3O4S. The van der Waals surface area contributed by atoms with Crippen LogP contribution in [0, 0.1) is 13.8 Å². The van der Waals surface area contributed by atoms with E-state index in [4.69, 9.17) is 28.6 Å². The normalized spacial score (nSPS) is 14.6. The van der Waals surface area contributed by atoms with E-state index in [0.29, 0.717) is 22.7 Å². The minimum atomic E-state index is -0.600. The summed E-state index contributed by atoms with van der Waals surface area (Å²) in [7, 11) is 0. The molecule has 4 rings (SSSR count). The molecule has 9 heteroatoms. The molecule has 3 amide bonds. The van der Waals surface area contributed by atoms with E-state index in [1.165, 1.54) is 11.0 Å². The number of carbonyl (C=O) groups is 3. The van der Waals surface area contributed by atoms with Gasteiger partial charge in [0.15, 0.2) is 11.7 Å². The first-order valence-electron chi connectivity index (χ1n) is 11.0. The van der Waals surface area contributed by atoms with Crippen LogP contribution in [0.1, 0.15) is 16.7 Å². The van der Waals surface area contributed by atoms with Crippen molar-refractivity contribution >= 4 is 64.1 Å². The first-order chi connectivity index (χ1) is 17.2. The lowest BCUT2D eigenvalue weighted by Gasteiger charge is -2.28. The molecule has 0 aromatic heterocycles. The maximum atomic E-state index is 13.1. The van der Waals surface area contributed by atoms with Crippen molar-refractivity contribution in [2.75, 3.05) is 16.8 Å². The van der Waals surface area contributed by atoms with Crippen molar-refractivity contribution in [1.29, 1.82) is 0 Å². The number of para-hydroxylation sites is 1. The Balaban J connectivity index is 1.46. The SMILES string of the molecule is Cc1ccc(NC(=O)COc2ccc(/C=C3/C(=O)NC(=S)N(c4ccccc4)C3=O)cc2Cl)c(C)c1. The average molecular weight is 520 g/mol. The third-order valence-corrected chi connectivity index (χ3v) is 5.98. The topological polar surface area (TPSA) is 87.7 Å². The molecule has 0 saturated carbocycles. The number of halogens is 1. The highest BCUT2D eigenvalue weighted by atomic mass is 35.5. The maximum absolute atomic E-state index is 13.1. The summed E-state index contributed by atoms with van der Waals surface area (Å²) >= 11 is 11.5. The van der Waals surface area contributed by atoms with Gasteiger partial charge in [-0.3, -0.25) is 24.6 Å². The molecule has 0 radical (unpaired) electrons. The fourth-order valence-electron chi connectivity index (χ4n) is 3.64. The van der Waals surface area contributed by atoms with Crippen LogP contribution < -0.4 is 20.3 Å². The van der Waals surface area contributed by atoms with E-state index in [1.807, 2.05) is 38.1 Å². The lowest BCUT2D eigenvalue weighted by atomic mass is 10.1. The van der Waals surface area contributed by atoms with Crippen LogP contribution in [0.4, 0.5) is 11.4 Å². The lowest BCUT2D eigenvalue weighted by Crippen LogP contribution is -2.54. The number of hydrogen-bond donors (Lipinski definition) is 2. The second-order valence-corrected chi connectivity index (χ2v) is 8.93. The Morgan fingerprint density at radius 2 is 1.83 bits per heavy atom. The summed E-state index contributed by atoms with van der Waals surface area (Å²) < 4.78 is 5.57. The Hall–Kier alpha value is -4.01. The van der Waals surface area contributed by atoms with E-state index in [9.17, 15) is 14.4 Å². The molecule has 1 aliphatic rings. The van der Waals surface area contributed by atoms with Gasteiger partial charge in [-0.15, -0.1) is 0 Å². The monoisotopic (exact) mass is 519 g/mol. The van der Waals surface area contributed by atoms with E-state index in [0.717, 1.165) is 11.1 Å². The number of aryl methyl sites for hydroxylation is 2. The molecule has 0 aliphatic carbocycles. The molecule has 0 bridgehead atoms. The van der Waals surface area contributed by atoms with Gasteiger partial charge in [0.05, 0.1) is 10.7 Å². The van der Waals surface area contributed by atoms with Gasteiger partial charge in [-0.25, -0.2) is 0 Å². The summed E-state index contributed by atoms with van der Waals surface area (Å²) in [5.41, 5.74) is 3.72. The van der Waals surface area contributed by atoms with E-state index < -0.39 is 11.8 Å². The summed E-state index contributed by atoms with van der Waals surface area (Å²) in [6.45, 7) is 3.66. The van der Waals surface area contributed by atoms with E-state index >= 15 is 0 Å². The van der Waals surface area contributed by atoms with Gasteiger partial charge in [-0.1, -0.05) is 53.6 Å². The van der Waals surface area contributed by atoms with Gasteiger partial charge in [0.25, 0.3) is 17.7 Å². The lowest BCUT2D eigenvalue weighted by molar-refractivity contribution is -0.122. The molecule has 0 atom stereocenters. The Labute approximate surface area is 218 Å². The van der Waals surface area contributed by atoms with Gasteiger partial charge in [0, 0.05) is 5.69 Å². The zero-order valence-electron chi connectivity index (χ0n) is 19.5. The summed E-state index contributed by atoms with van der Waals surface area (Å²) in [4.78, 5) is 39.2. The molecule has 182 valence electrons. The molecular weight excluding hydrogens is 498 g/mol. The molecule has 1 saturated heterocycles. The zero-order chi connectivity index (χ0) is 25.8. The van der Waals surface area contributed by atoms with Crippen molar-refractivity contribution in [1.82, 2.24) is 5.32 Å². The number of hydrogen-bond acceptors (Lipinski definition) is 5. The van der Waals surface area contributed by atoms with Crippen molar-refractivity contribution in [2.24, 2.45) is 0 Å². The van der Waals surface area contributed by atoms with Crippen LogP contribution >= 0.6 is 23.8 Å². The van der Waals surface area contributed by atoms with Crippen molar-refractivity contribution < 1.29 is 19.1 Å². The van der Waals surface area contributed by atoms with Gasteiger partial charge in [-0.05, 0) is 73.6 Å². The smallest absolute Gasteiger partial charge is 0.270 e. The van der Waals surface area contributed by atoms with Gasteiger partial charge in [0.2, 0.25) is 0 Å². The minimum absolute atomic E-state index is 0.00855. The Morgan fingerprint density at radius 1 is 1.08 bits per heavy atom. The predicted octanol–water partition coefficient (Wildman–Crippen LogP) is 4.81. The minimum Gasteiger partial charge on any atom is -0.482 e. The predicted molar refractivity (Wildman–Crippen MR) is 144 cm³/mol. The average Bonchev–Trinajstić information content (AvgIpc) is 2.83. The van der Waals surface area contributed by atoms with E-state index in [1.54, 1.807) is 42.5 Å². The van der Waals surface area contributed by atoms with Crippen molar-refractivity contribution in [3.8, 4) is 5.75 Å². The number of ether oxygens (including phenoxy) is 1. The molecule has 2 N–H and O–H groups in total. The number of thiocarbonyl (C=S) groups is 1. The van der Waals surface area contributed by atoms with Crippen LogP contribution in [-0.2, 0) is 14.4 Å². The Bertz CT molecular complexity index is 1410. The zero-order valence-corrected chi connectivity index (χ0v) is 21.1. The number of nitrogens with zero attached hydrogens (tertiary/aromatic N) is 1. The standard InChI is InChI=1S/C27H22ClN3O4S/c1-16-8-10-22(17(2)12-16)29-24(32)15-35-23-11-9-18(14-21(23)28)13-20-25(33)30-27(36)31(26(20)34)19-6-4-3-5-7-19/h3-14H,15H2,1-2H3,(H,29,32)(H,30,33,36)/b20-13-. The number of anilines is 2. The third-order valence-electron chi connectivity index (χ3n) is 5.40. The first kappa shape index (κ1) is 25.1. The van der Waals surface area contributed by atoms with Crippen molar-refractivity contribution in [3.05, 3.63) is 94.0 Å². The van der Waals surface area contributed by atoms with Gasteiger partial charge in [-0.2, -0.15) is 0 Å². The molecule has 3 aromatic carbocycles. The molecule has 3 aromatic rings. The van der Waals surface area contributed by atoms with Crippen LogP contribution in [0.25, 0.3) is 6.08 Å². The summed E-state index contributed by atoms with van der Waals surface area (Å²) in [6.07, 6.45) is 1.43. The van der Waals surface area contributed by atoms with Crippen LogP contribution in [0.2, 0.25) is 5.02 Å². The number of carbonyl (C=O) groups excluding carboxylic acids is 3. The van der Waals surface area contributed by atoms with Crippen LogP contribution in [0.5, 0.6) is 5.75 Å². The number of benzene rings is 3. The summed E-state index contributed by atoms with van der Waals surface area (Å²) in [5, 5.41) is 5.58. The quantitative estimate of drug-likeness (QED) is 0.277. The van der Waals surface area contributed by atoms with Crippen LogP contribution in [0.3, 0.4) is 0 Å². The van der Waals surface area contributed by atoms with Gasteiger partial charge >= 0.3 is 0 Å². The highest BCUT2D eigenvalue weighted by Gasteiger charge is 2.34. The molecule has 36 heavy (non-hydrogen) atoms. The Morgan fingerprint density at radius 3 is 2.53 bits per heavy atom. The molecule has 0 unspecified atom stereocenters. The summed E-state index contributed by atoms with van der Waals surface area (Å²) in [5.74, 6) is -1.18. The highest BCUT2D eigenvalue weighted by Crippen LogP contribution is 2.28. The summed E-state index contributed by atoms with van der Waals surface area (Å²) in [6, 6.07) is 19.3. The van der Waals surface area contributed by atoms with Crippen molar-refractivity contribution in [2.45, 2.75) is 13.8 Å². The highest BCUT2D eigenvalue weighted by molar-refractivity contribution is 7.80. The molecule has 1 heterocycles. The molecule has 0 spiro atoms.